The first-order valence-electron chi connectivity index (χ1n) is 9.68. The molecule has 1 N–H and O–H groups in total. The largest absolute Gasteiger partial charge is 0.428 e. The van der Waals surface area contributed by atoms with Crippen LogP contribution in [0.1, 0.15) is 13.8 Å². The number of nitrogens with zero attached hydrogens (tertiary/aromatic N) is 2. The van der Waals surface area contributed by atoms with Gasteiger partial charge in [0.2, 0.25) is 18.3 Å². The lowest BCUT2D eigenvalue weighted by atomic mass is 10.0. The summed E-state index contributed by atoms with van der Waals surface area (Å²) in [6.07, 6.45) is 0. The number of thioether (sulfide) groups is 1. The first kappa shape index (κ1) is 26.6. The maximum absolute atomic E-state index is 12.8. The SMILES string of the molecule is COCC1=C(C(=O)OCOC(=O)C(C)C)N2C(=O)C(NC(=O)C(=NOC)C(=O)CCl)[C@H]2SC1. The first-order chi connectivity index (χ1) is 15.7. The van der Waals surface area contributed by atoms with Crippen molar-refractivity contribution in [3.05, 3.63) is 11.3 Å². The van der Waals surface area contributed by atoms with E-state index < -0.39 is 65.3 Å². The molecule has 2 aliphatic heterocycles. The molecule has 182 valence electrons. The number of alkyl halides is 1. The molecule has 1 fully saturated rings. The number of Topliss-reactive ketones (excluding diaryl/α,β-unsaturated/α-hetero) is 1. The molecule has 14 heteroatoms. The van der Waals surface area contributed by atoms with E-state index >= 15 is 0 Å². The molecule has 2 atom stereocenters. The van der Waals surface area contributed by atoms with Gasteiger partial charge in [0, 0.05) is 12.9 Å². The molecular weight excluding hydrogens is 482 g/mol. The van der Waals surface area contributed by atoms with Crippen LogP contribution in [0.15, 0.2) is 16.4 Å². The van der Waals surface area contributed by atoms with Gasteiger partial charge in [0.1, 0.15) is 24.2 Å². The lowest BCUT2D eigenvalue weighted by Crippen LogP contribution is -2.71. The maximum atomic E-state index is 12.8. The molecule has 0 aromatic heterocycles. The number of ether oxygens (including phenoxy) is 3. The fourth-order valence-electron chi connectivity index (χ4n) is 2.92. The Labute approximate surface area is 198 Å². The fraction of sp³-hybridized carbons (Fsp3) is 0.579. The normalized spacial score (nSPS) is 20.1. The lowest BCUT2D eigenvalue weighted by molar-refractivity contribution is -0.170. The molecule has 0 spiro atoms. The molecule has 0 bridgehead atoms. The number of esters is 2. The molecule has 0 saturated carbocycles. The summed E-state index contributed by atoms with van der Waals surface area (Å²) in [7, 11) is 2.59. The van der Waals surface area contributed by atoms with Crippen molar-refractivity contribution in [1.82, 2.24) is 10.2 Å². The molecule has 0 aromatic carbocycles. The van der Waals surface area contributed by atoms with E-state index in [0.29, 0.717) is 11.3 Å². The van der Waals surface area contributed by atoms with Crippen molar-refractivity contribution >= 4 is 58.6 Å². The number of hydrogen-bond acceptors (Lipinski definition) is 11. The van der Waals surface area contributed by atoms with E-state index in [1.807, 2.05) is 0 Å². The number of amides is 2. The second-order valence-electron chi connectivity index (χ2n) is 7.09. The molecule has 1 saturated heterocycles. The summed E-state index contributed by atoms with van der Waals surface area (Å²) in [6, 6.07) is -1.03. The molecule has 0 aliphatic carbocycles. The molecule has 2 rings (SSSR count). The summed E-state index contributed by atoms with van der Waals surface area (Å²) in [4.78, 5) is 67.0. The summed E-state index contributed by atoms with van der Waals surface area (Å²) in [6.45, 7) is 2.70. The highest BCUT2D eigenvalue weighted by molar-refractivity contribution is 8.00. The Morgan fingerprint density at radius 1 is 1.24 bits per heavy atom. The lowest BCUT2D eigenvalue weighted by Gasteiger charge is -2.49. The van der Waals surface area contributed by atoms with Crippen molar-refractivity contribution in [2.45, 2.75) is 25.3 Å². The van der Waals surface area contributed by atoms with Gasteiger partial charge in [-0.05, 0) is 5.57 Å². The number of methoxy groups -OCH3 is 1. The number of β-lactam (4-membered cyclic amide) rings is 1. The van der Waals surface area contributed by atoms with Gasteiger partial charge in [-0.1, -0.05) is 19.0 Å². The number of oxime groups is 1. The van der Waals surface area contributed by atoms with Crippen LogP contribution in [0, 0.1) is 5.92 Å². The van der Waals surface area contributed by atoms with Crippen molar-refractivity contribution in [3.63, 3.8) is 0 Å². The quantitative estimate of drug-likeness (QED) is 0.0760. The van der Waals surface area contributed by atoms with Gasteiger partial charge >= 0.3 is 11.9 Å². The Morgan fingerprint density at radius 2 is 1.94 bits per heavy atom. The van der Waals surface area contributed by atoms with E-state index in [0.717, 1.165) is 7.11 Å². The Bertz CT molecular complexity index is 890. The molecule has 2 aliphatic rings. The second-order valence-corrected chi connectivity index (χ2v) is 8.47. The summed E-state index contributed by atoms with van der Waals surface area (Å²) in [5.41, 5.74) is -0.128. The fourth-order valence-corrected chi connectivity index (χ4v) is 4.37. The Morgan fingerprint density at radius 3 is 2.52 bits per heavy atom. The van der Waals surface area contributed by atoms with Gasteiger partial charge in [-0.2, -0.15) is 0 Å². The van der Waals surface area contributed by atoms with Crippen LogP contribution >= 0.6 is 23.4 Å². The smallest absolute Gasteiger partial charge is 0.358 e. The second kappa shape index (κ2) is 12.0. The summed E-state index contributed by atoms with van der Waals surface area (Å²) in [5, 5.41) is 5.16. The molecular formula is C19H24ClN3O9S. The molecule has 2 heterocycles. The minimum Gasteiger partial charge on any atom is -0.428 e. The summed E-state index contributed by atoms with van der Waals surface area (Å²) < 4.78 is 15.0. The van der Waals surface area contributed by atoms with Gasteiger partial charge in [0.25, 0.3) is 11.8 Å². The number of hydrogen-bond donors (Lipinski definition) is 1. The number of halogens is 1. The average Bonchev–Trinajstić information content (AvgIpc) is 2.79. The van der Waals surface area contributed by atoms with Gasteiger partial charge < -0.3 is 24.4 Å². The maximum Gasteiger partial charge on any atom is 0.358 e. The van der Waals surface area contributed by atoms with E-state index in [2.05, 4.69) is 15.3 Å². The van der Waals surface area contributed by atoms with Gasteiger partial charge in [-0.25, -0.2) is 4.79 Å². The van der Waals surface area contributed by atoms with Gasteiger partial charge in [-0.15, -0.1) is 23.4 Å². The van der Waals surface area contributed by atoms with E-state index in [-0.39, 0.29) is 12.3 Å². The zero-order valence-electron chi connectivity index (χ0n) is 18.4. The van der Waals surface area contributed by atoms with Crippen LogP contribution in [0.5, 0.6) is 0 Å². The van der Waals surface area contributed by atoms with Crippen LogP contribution in [-0.2, 0) is 43.0 Å². The van der Waals surface area contributed by atoms with Crippen molar-refractivity contribution in [2.24, 2.45) is 11.1 Å². The summed E-state index contributed by atoms with van der Waals surface area (Å²) in [5.74, 6) is -4.33. The minimum absolute atomic E-state index is 0.0423. The number of carbonyl (C=O) groups excluding carboxylic acids is 5. The zero-order chi connectivity index (χ0) is 24.7. The van der Waals surface area contributed by atoms with E-state index in [9.17, 15) is 24.0 Å². The molecule has 12 nitrogen and oxygen atoms in total. The topological polar surface area (TPSA) is 150 Å². The minimum atomic E-state index is -1.03. The van der Waals surface area contributed by atoms with Crippen LogP contribution in [0.3, 0.4) is 0 Å². The van der Waals surface area contributed by atoms with E-state index in [4.69, 9.17) is 25.8 Å². The highest BCUT2D eigenvalue weighted by Gasteiger charge is 2.54. The third kappa shape index (κ3) is 6.03. The molecule has 33 heavy (non-hydrogen) atoms. The Balaban J connectivity index is 2.15. The standard InChI is InChI=1S/C19H24ClN3O9S/c1-9(2)18(27)31-8-32-19(28)14-10(6-29-3)7-33-17-13(16(26)23(14)17)21-15(25)12(22-30-4)11(24)5-20/h9,13,17H,5-8H2,1-4H3,(H,21,25)/t13?,17-/m1/s1. The third-order valence-electron chi connectivity index (χ3n) is 4.49. The van der Waals surface area contributed by atoms with E-state index in [1.165, 1.54) is 23.8 Å². The Hall–Kier alpha value is -2.64. The number of ketones is 1. The van der Waals surface area contributed by atoms with Crippen molar-refractivity contribution in [2.75, 3.05) is 39.3 Å². The zero-order valence-corrected chi connectivity index (χ0v) is 20.0. The highest BCUT2D eigenvalue weighted by atomic mass is 35.5. The van der Waals surface area contributed by atoms with Gasteiger partial charge in [0.05, 0.1) is 18.4 Å². The number of nitrogens with one attached hydrogen (secondary N) is 1. The summed E-state index contributed by atoms with van der Waals surface area (Å²) >= 11 is 6.77. The molecule has 0 radical (unpaired) electrons. The van der Waals surface area contributed by atoms with E-state index in [1.54, 1.807) is 13.8 Å². The predicted molar refractivity (Wildman–Crippen MR) is 116 cm³/mol. The van der Waals surface area contributed by atoms with Crippen molar-refractivity contribution in [3.8, 4) is 0 Å². The molecule has 2 amide bonds. The molecule has 1 unspecified atom stereocenters. The number of rotatable bonds is 11. The molecule has 0 aromatic rings. The van der Waals surface area contributed by atoms with Crippen molar-refractivity contribution in [1.29, 1.82) is 0 Å². The first-order valence-corrected chi connectivity index (χ1v) is 11.3. The van der Waals surface area contributed by atoms with Crippen LogP contribution < -0.4 is 5.32 Å². The average molecular weight is 506 g/mol. The van der Waals surface area contributed by atoms with Crippen LogP contribution in [0.4, 0.5) is 0 Å². The predicted octanol–water partition coefficient (Wildman–Crippen LogP) is -0.203. The number of fused-ring (bicyclic) bond motifs is 1. The van der Waals surface area contributed by atoms with Crippen molar-refractivity contribution < 1.29 is 43.0 Å². The number of carbonyl (C=O) groups is 5. The van der Waals surface area contributed by atoms with Gasteiger partial charge in [-0.3, -0.25) is 24.1 Å². The van der Waals surface area contributed by atoms with Crippen LogP contribution in [0.2, 0.25) is 0 Å². The van der Waals surface area contributed by atoms with Crippen LogP contribution in [-0.4, -0.2) is 90.8 Å². The van der Waals surface area contributed by atoms with Gasteiger partial charge in [0.15, 0.2) is 0 Å². The monoisotopic (exact) mass is 505 g/mol. The highest BCUT2D eigenvalue weighted by Crippen LogP contribution is 2.40. The third-order valence-corrected chi connectivity index (χ3v) is 6.07. The Kier molecular flexibility index (Phi) is 9.68. The van der Waals surface area contributed by atoms with Crippen LogP contribution in [0.25, 0.3) is 0 Å².